The average molecular weight is 431 g/mol. The molecule has 0 bridgehead atoms. The number of hydrogen-bond acceptors (Lipinski definition) is 6. The molecule has 0 aliphatic heterocycles. The van der Waals surface area contributed by atoms with Gasteiger partial charge in [-0.25, -0.2) is 9.97 Å². The average Bonchev–Trinajstić information content (AvgIpc) is 3.49. The zero-order chi connectivity index (χ0) is 21.4. The highest BCUT2D eigenvalue weighted by molar-refractivity contribution is 7.15. The predicted octanol–water partition coefficient (Wildman–Crippen LogP) is 4.78. The first-order valence-corrected chi connectivity index (χ1v) is 10.8. The third kappa shape index (κ3) is 3.83. The van der Waals surface area contributed by atoms with Crippen LogP contribution >= 0.6 is 11.3 Å². The number of nitrogens with one attached hydrogen (secondary N) is 2. The number of H-pyrrole nitrogens is 1. The molecule has 0 saturated carbocycles. The summed E-state index contributed by atoms with van der Waals surface area (Å²) >= 11 is 1.56. The molecular formula is C23H22N6OS. The van der Waals surface area contributed by atoms with Gasteiger partial charge in [0.1, 0.15) is 11.5 Å². The number of aromatic amines is 1. The van der Waals surface area contributed by atoms with E-state index in [0.29, 0.717) is 5.95 Å². The Kier molecular flexibility index (Phi) is 5.01. The highest BCUT2D eigenvalue weighted by Gasteiger charge is 2.15. The molecule has 8 heteroatoms. The number of rotatable bonds is 6. The number of aliphatic hydroxyl groups is 1. The van der Waals surface area contributed by atoms with E-state index >= 15 is 0 Å². The van der Waals surface area contributed by atoms with E-state index < -0.39 is 0 Å². The fourth-order valence-electron chi connectivity index (χ4n) is 3.57. The number of imidazole rings is 1. The van der Waals surface area contributed by atoms with Crippen LogP contribution in [0.15, 0.2) is 55.0 Å². The summed E-state index contributed by atoms with van der Waals surface area (Å²) in [6.07, 6.45) is 5.67. The van der Waals surface area contributed by atoms with Gasteiger partial charge in [0.05, 0.1) is 17.2 Å². The van der Waals surface area contributed by atoms with Crippen molar-refractivity contribution in [3.63, 3.8) is 0 Å². The van der Waals surface area contributed by atoms with E-state index in [1.54, 1.807) is 11.3 Å². The molecule has 5 aromatic rings. The van der Waals surface area contributed by atoms with Crippen LogP contribution in [-0.2, 0) is 13.2 Å². The largest absolute Gasteiger partial charge is 0.391 e. The van der Waals surface area contributed by atoms with Crippen LogP contribution in [0.3, 0.4) is 0 Å². The van der Waals surface area contributed by atoms with Gasteiger partial charge in [0.15, 0.2) is 0 Å². The smallest absolute Gasteiger partial charge is 0.229 e. The molecule has 0 amide bonds. The molecule has 0 aliphatic rings. The van der Waals surface area contributed by atoms with Crippen LogP contribution in [0.4, 0.5) is 11.6 Å². The molecular weight excluding hydrogens is 408 g/mol. The van der Waals surface area contributed by atoms with Gasteiger partial charge in [0, 0.05) is 41.1 Å². The first-order chi connectivity index (χ1) is 15.1. The highest BCUT2D eigenvalue weighted by Crippen LogP contribution is 2.35. The minimum Gasteiger partial charge on any atom is -0.391 e. The van der Waals surface area contributed by atoms with Gasteiger partial charge in [-0.05, 0) is 49.2 Å². The van der Waals surface area contributed by atoms with Gasteiger partial charge in [0.25, 0.3) is 0 Å². The second kappa shape index (κ2) is 7.98. The fourth-order valence-corrected chi connectivity index (χ4v) is 4.61. The summed E-state index contributed by atoms with van der Waals surface area (Å²) in [6, 6.07) is 12.3. The molecule has 4 heterocycles. The molecule has 0 fully saturated rings. The maximum absolute atomic E-state index is 9.57. The molecule has 0 spiro atoms. The lowest BCUT2D eigenvalue weighted by molar-refractivity contribution is 0.285. The molecule has 4 aromatic heterocycles. The second-order valence-electron chi connectivity index (χ2n) is 7.44. The Morgan fingerprint density at radius 2 is 1.97 bits per heavy atom. The summed E-state index contributed by atoms with van der Waals surface area (Å²) in [5, 5.41) is 13.9. The van der Waals surface area contributed by atoms with Crippen molar-refractivity contribution in [1.29, 1.82) is 0 Å². The van der Waals surface area contributed by atoms with Crippen molar-refractivity contribution in [1.82, 2.24) is 24.5 Å². The standard InChI is InChI=1S/C23H22N6OS/c1-14-11-19(31-20(14)13-30)21-18-7-8-25-22(18)28-23(27-21)26-17-5-3-16(4-6-17)12-29-10-9-24-15(29)2/h3-11,30H,12-13H2,1-2H3,(H2,25,26,27,28). The van der Waals surface area contributed by atoms with E-state index in [0.717, 1.165) is 50.1 Å². The maximum Gasteiger partial charge on any atom is 0.229 e. The first-order valence-electron chi connectivity index (χ1n) is 10.00. The van der Waals surface area contributed by atoms with Gasteiger partial charge in [-0.3, -0.25) is 0 Å². The SMILES string of the molecule is Cc1cc(-c2nc(Nc3ccc(Cn4ccnc4C)cc3)nc3[nH]ccc23)sc1CO. The van der Waals surface area contributed by atoms with E-state index in [1.165, 1.54) is 5.56 Å². The zero-order valence-electron chi connectivity index (χ0n) is 17.3. The van der Waals surface area contributed by atoms with Gasteiger partial charge >= 0.3 is 0 Å². The lowest BCUT2D eigenvalue weighted by Crippen LogP contribution is -2.02. The van der Waals surface area contributed by atoms with Gasteiger partial charge < -0.3 is 20.0 Å². The molecule has 0 aliphatic carbocycles. The summed E-state index contributed by atoms with van der Waals surface area (Å²) < 4.78 is 2.11. The number of thiophene rings is 1. The Morgan fingerprint density at radius 3 is 2.68 bits per heavy atom. The van der Waals surface area contributed by atoms with Gasteiger partial charge in [-0.15, -0.1) is 11.3 Å². The summed E-state index contributed by atoms with van der Waals surface area (Å²) in [5.41, 5.74) is 4.81. The zero-order valence-corrected chi connectivity index (χ0v) is 18.1. The van der Waals surface area contributed by atoms with E-state index in [2.05, 4.69) is 43.0 Å². The quantitative estimate of drug-likeness (QED) is 0.360. The van der Waals surface area contributed by atoms with Crippen LogP contribution in [0.2, 0.25) is 0 Å². The molecule has 156 valence electrons. The van der Waals surface area contributed by atoms with Crippen LogP contribution in [0.1, 0.15) is 21.8 Å². The molecule has 0 radical (unpaired) electrons. The second-order valence-corrected chi connectivity index (χ2v) is 8.57. The van der Waals surface area contributed by atoms with E-state index in [4.69, 9.17) is 4.98 Å². The van der Waals surface area contributed by atoms with Crippen LogP contribution in [0, 0.1) is 13.8 Å². The minimum absolute atomic E-state index is 0.0356. The maximum atomic E-state index is 9.57. The lowest BCUT2D eigenvalue weighted by atomic mass is 10.2. The van der Waals surface area contributed by atoms with E-state index in [1.807, 2.05) is 50.6 Å². The Morgan fingerprint density at radius 1 is 1.13 bits per heavy atom. The Bertz CT molecular complexity index is 1350. The van der Waals surface area contributed by atoms with Crippen molar-refractivity contribution in [3.8, 4) is 10.6 Å². The van der Waals surface area contributed by atoms with E-state index in [-0.39, 0.29) is 6.61 Å². The molecule has 1 aromatic carbocycles. The molecule has 0 unspecified atom stereocenters. The normalized spacial score (nSPS) is 11.3. The topological polar surface area (TPSA) is 91.7 Å². The highest BCUT2D eigenvalue weighted by atomic mass is 32.1. The lowest BCUT2D eigenvalue weighted by Gasteiger charge is -2.09. The van der Waals surface area contributed by atoms with Crippen LogP contribution in [-0.4, -0.2) is 29.6 Å². The summed E-state index contributed by atoms with van der Waals surface area (Å²) in [4.78, 5) is 18.8. The molecule has 31 heavy (non-hydrogen) atoms. The number of aromatic nitrogens is 5. The van der Waals surface area contributed by atoms with Crippen molar-refractivity contribution >= 4 is 34.0 Å². The number of fused-ring (bicyclic) bond motifs is 1. The molecule has 5 rings (SSSR count). The summed E-state index contributed by atoms with van der Waals surface area (Å²) in [7, 11) is 0. The number of aryl methyl sites for hydroxylation is 2. The number of benzene rings is 1. The number of hydrogen-bond donors (Lipinski definition) is 3. The summed E-state index contributed by atoms with van der Waals surface area (Å²) in [5.74, 6) is 1.52. The van der Waals surface area contributed by atoms with Crippen LogP contribution in [0.25, 0.3) is 21.6 Å². The molecule has 0 atom stereocenters. The van der Waals surface area contributed by atoms with Crippen molar-refractivity contribution in [2.24, 2.45) is 0 Å². The number of nitrogens with zero attached hydrogens (tertiary/aromatic N) is 4. The minimum atomic E-state index is 0.0356. The van der Waals surface area contributed by atoms with Crippen molar-refractivity contribution < 1.29 is 5.11 Å². The molecule has 7 nitrogen and oxygen atoms in total. The Hall–Kier alpha value is -3.49. The first kappa shape index (κ1) is 19.5. The van der Waals surface area contributed by atoms with Crippen molar-refractivity contribution in [3.05, 3.63) is 76.8 Å². The van der Waals surface area contributed by atoms with E-state index in [9.17, 15) is 5.11 Å². The third-order valence-corrected chi connectivity index (χ3v) is 6.53. The van der Waals surface area contributed by atoms with Crippen LogP contribution < -0.4 is 5.32 Å². The summed E-state index contributed by atoms with van der Waals surface area (Å²) in [6.45, 7) is 4.83. The van der Waals surface area contributed by atoms with Gasteiger partial charge in [0.2, 0.25) is 5.95 Å². The van der Waals surface area contributed by atoms with Crippen molar-refractivity contribution in [2.75, 3.05) is 5.32 Å². The van der Waals surface area contributed by atoms with Gasteiger partial charge in [-0.2, -0.15) is 4.98 Å². The Labute approximate surface area is 183 Å². The van der Waals surface area contributed by atoms with Crippen LogP contribution in [0.5, 0.6) is 0 Å². The number of anilines is 2. The predicted molar refractivity (Wildman–Crippen MR) is 124 cm³/mol. The van der Waals surface area contributed by atoms with Gasteiger partial charge in [-0.1, -0.05) is 12.1 Å². The monoisotopic (exact) mass is 430 g/mol. The molecule has 0 saturated heterocycles. The molecule has 3 N–H and O–H groups in total. The van der Waals surface area contributed by atoms with Crippen molar-refractivity contribution in [2.45, 2.75) is 27.0 Å². The number of aliphatic hydroxyl groups excluding tert-OH is 1. The Balaban J connectivity index is 1.43. The fraction of sp³-hybridized carbons (Fsp3) is 0.174. The third-order valence-electron chi connectivity index (χ3n) is 5.30.